The number of hydrogen-bond acceptors (Lipinski definition) is 7. The Bertz CT molecular complexity index is 707. The highest BCUT2D eigenvalue weighted by atomic mass is 16.5. The van der Waals surface area contributed by atoms with Gasteiger partial charge in [-0.1, -0.05) is 5.16 Å². The Morgan fingerprint density at radius 2 is 2.00 bits per heavy atom. The first kappa shape index (κ1) is 16.9. The molecular formula is C17H25N5O2. The van der Waals surface area contributed by atoms with Gasteiger partial charge in [0, 0.05) is 25.2 Å². The molecule has 1 aliphatic rings. The number of nitrogens with zero attached hydrogens (tertiary/aromatic N) is 4. The summed E-state index contributed by atoms with van der Waals surface area (Å²) >= 11 is 0. The number of hydrogen-bond donors (Lipinski definition) is 1. The molecule has 0 spiro atoms. The summed E-state index contributed by atoms with van der Waals surface area (Å²) in [4.78, 5) is 11.7. The second-order valence-corrected chi connectivity index (χ2v) is 6.26. The van der Waals surface area contributed by atoms with Crippen LogP contribution < -0.4 is 10.2 Å². The highest BCUT2D eigenvalue weighted by molar-refractivity contribution is 5.71. The molecule has 0 aromatic carbocycles. The Morgan fingerprint density at radius 1 is 1.21 bits per heavy atom. The van der Waals surface area contributed by atoms with Crippen LogP contribution in [-0.4, -0.2) is 54.5 Å². The first-order valence-electron chi connectivity index (χ1n) is 8.31. The van der Waals surface area contributed by atoms with E-state index < -0.39 is 0 Å². The molecule has 2 aromatic rings. The van der Waals surface area contributed by atoms with E-state index >= 15 is 0 Å². The van der Waals surface area contributed by atoms with Gasteiger partial charge in [-0.3, -0.25) is 0 Å². The number of rotatable bonds is 4. The second-order valence-electron chi connectivity index (χ2n) is 6.26. The van der Waals surface area contributed by atoms with E-state index in [1.807, 2.05) is 27.8 Å². The van der Waals surface area contributed by atoms with Crippen molar-refractivity contribution in [2.75, 3.05) is 38.2 Å². The van der Waals surface area contributed by atoms with Crippen LogP contribution in [0.15, 0.2) is 4.52 Å². The fourth-order valence-corrected chi connectivity index (χ4v) is 3.25. The molecule has 7 heteroatoms. The number of ether oxygens (including phenoxy) is 1. The second kappa shape index (κ2) is 6.86. The van der Waals surface area contributed by atoms with Gasteiger partial charge in [0.2, 0.25) is 0 Å². The first-order chi connectivity index (χ1) is 11.5. The van der Waals surface area contributed by atoms with Crippen molar-refractivity contribution in [3.63, 3.8) is 0 Å². The maximum atomic E-state index is 5.81. The predicted octanol–water partition coefficient (Wildman–Crippen LogP) is 1.79. The van der Waals surface area contributed by atoms with Crippen LogP contribution in [0.5, 0.6) is 0 Å². The number of anilines is 1. The summed E-state index contributed by atoms with van der Waals surface area (Å²) in [6.45, 7) is 11.0. The van der Waals surface area contributed by atoms with Crippen molar-refractivity contribution in [2.24, 2.45) is 0 Å². The Kier molecular flexibility index (Phi) is 4.82. The van der Waals surface area contributed by atoms with Gasteiger partial charge in [-0.25, -0.2) is 9.97 Å². The van der Waals surface area contributed by atoms with Gasteiger partial charge in [0.05, 0.1) is 29.7 Å². The lowest BCUT2D eigenvalue weighted by molar-refractivity contribution is 0.0418. The number of morpholine rings is 1. The summed E-state index contributed by atoms with van der Waals surface area (Å²) in [6, 6.07) is 0. The van der Waals surface area contributed by atoms with Crippen LogP contribution in [0, 0.1) is 27.7 Å². The van der Waals surface area contributed by atoms with Crippen molar-refractivity contribution in [3.8, 4) is 11.3 Å². The molecule has 0 bridgehead atoms. The van der Waals surface area contributed by atoms with Crippen LogP contribution in [0.3, 0.4) is 0 Å². The van der Waals surface area contributed by atoms with Crippen molar-refractivity contribution in [3.05, 3.63) is 22.8 Å². The molecule has 3 rings (SSSR count). The number of likely N-dealkylation sites (N-methyl/N-ethyl adjacent to an activating group) is 1. The Balaban J connectivity index is 2.01. The average Bonchev–Trinajstić information content (AvgIpc) is 2.89. The minimum Gasteiger partial charge on any atom is -0.373 e. The summed E-state index contributed by atoms with van der Waals surface area (Å²) < 4.78 is 11.1. The molecule has 0 amide bonds. The first-order valence-corrected chi connectivity index (χ1v) is 8.31. The van der Waals surface area contributed by atoms with E-state index in [9.17, 15) is 0 Å². The van der Waals surface area contributed by atoms with Crippen LogP contribution in [0.4, 0.5) is 5.82 Å². The standard InChI is InChI=1S/C17H25N5O2/c1-10-16(15-11(2)21-24-12(15)3)19-13(4)20-17(10)22-6-7-23-14(9-22)8-18-5/h14,18H,6-9H2,1-5H3/t14-/m1/s1. The molecule has 0 radical (unpaired) electrons. The van der Waals surface area contributed by atoms with E-state index in [1.54, 1.807) is 0 Å². The Labute approximate surface area is 142 Å². The molecule has 0 unspecified atom stereocenters. The smallest absolute Gasteiger partial charge is 0.143 e. The third kappa shape index (κ3) is 3.14. The van der Waals surface area contributed by atoms with Crippen LogP contribution in [-0.2, 0) is 4.74 Å². The average molecular weight is 331 g/mol. The normalized spacial score (nSPS) is 18.2. The van der Waals surface area contributed by atoms with E-state index in [1.165, 1.54) is 0 Å². The van der Waals surface area contributed by atoms with Crippen LogP contribution in [0.2, 0.25) is 0 Å². The van der Waals surface area contributed by atoms with Crippen molar-refractivity contribution in [1.82, 2.24) is 20.4 Å². The quantitative estimate of drug-likeness (QED) is 0.915. The molecule has 130 valence electrons. The summed E-state index contributed by atoms with van der Waals surface area (Å²) in [5, 5.41) is 7.24. The van der Waals surface area contributed by atoms with Gasteiger partial charge in [-0.05, 0) is 34.7 Å². The highest BCUT2D eigenvalue weighted by Gasteiger charge is 2.25. The minimum atomic E-state index is 0.168. The van der Waals surface area contributed by atoms with Gasteiger partial charge in [-0.2, -0.15) is 0 Å². The van der Waals surface area contributed by atoms with Crippen LogP contribution in [0.1, 0.15) is 22.8 Å². The molecule has 2 aromatic heterocycles. The molecular weight excluding hydrogens is 306 g/mol. The number of aromatic nitrogens is 3. The fraction of sp³-hybridized carbons (Fsp3) is 0.588. The van der Waals surface area contributed by atoms with Gasteiger partial charge in [-0.15, -0.1) is 0 Å². The lowest BCUT2D eigenvalue weighted by Crippen LogP contribution is -2.46. The molecule has 0 aliphatic carbocycles. The zero-order valence-electron chi connectivity index (χ0n) is 15.0. The van der Waals surface area contributed by atoms with Crippen molar-refractivity contribution in [1.29, 1.82) is 0 Å². The lowest BCUT2D eigenvalue weighted by atomic mass is 10.0. The molecule has 0 saturated carbocycles. The highest BCUT2D eigenvalue weighted by Crippen LogP contribution is 2.32. The Morgan fingerprint density at radius 3 is 2.67 bits per heavy atom. The van der Waals surface area contributed by atoms with Gasteiger partial charge in [0.25, 0.3) is 0 Å². The SMILES string of the molecule is CNC[C@@H]1CN(c2nc(C)nc(-c3c(C)noc3C)c2C)CCO1. The summed E-state index contributed by atoms with van der Waals surface area (Å²) in [6.07, 6.45) is 0.168. The van der Waals surface area contributed by atoms with E-state index in [-0.39, 0.29) is 6.10 Å². The van der Waals surface area contributed by atoms with Gasteiger partial charge >= 0.3 is 0 Å². The molecule has 1 aliphatic heterocycles. The number of aryl methyl sites for hydroxylation is 3. The van der Waals surface area contributed by atoms with E-state index in [2.05, 4.69) is 27.3 Å². The monoisotopic (exact) mass is 331 g/mol. The molecule has 1 saturated heterocycles. The summed E-state index contributed by atoms with van der Waals surface area (Å²) in [7, 11) is 1.94. The third-order valence-corrected chi connectivity index (χ3v) is 4.37. The Hall–Kier alpha value is -1.99. The molecule has 1 fully saturated rings. The summed E-state index contributed by atoms with van der Waals surface area (Å²) in [5.41, 5.74) is 3.79. The zero-order chi connectivity index (χ0) is 17.3. The van der Waals surface area contributed by atoms with E-state index in [0.717, 1.165) is 59.6 Å². The van der Waals surface area contributed by atoms with Gasteiger partial charge in [0.1, 0.15) is 17.4 Å². The van der Waals surface area contributed by atoms with Crippen molar-refractivity contribution in [2.45, 2.75) is 33.8 Å². The molecule has 3 heterocycles. The number of nitrogens with one attached hydrogen (secondary N) is 1. The van der Waals surface area contributed by atoms with Gasteiger partial charge < -0.3 is 19.5 Å². The summed E-state index contributed by atoms with van der Waals surface area (Å²) in [5.74, 6) is 2.51. The minimum absolute atomic E-state index is 0.168. The van der Waals surface area contributed by atoms with Crippen LogP contribution in [0.25, 0.3) is 11.3 Å². The molecule has 24 heavy (non-hydrogen) atoms. The van der Waals surface area contributed by atoms with E-state index in [0.29, 0.717) is 6.61 Å². The molecule has 1 atom stereocenters. The predicted molar refractivity (Wildman–Crippen MR) is 92.4 cm³/mol. The molecule has 1 N–H and O–H groups in total. The fourth-order valence-electron chi connectivity index (χ4n) is 3.25. The van der Waals surface area contributed by atoms with Crippen molar-refractivity contribution < 1.29 is 9.26 Å². The maximum Gasteiger partial charge on any atom is 0.143 e. The lowest BCUT2D eigenvalue weighted by Gasteiger charge is -2.34. The topological polar surface area (TPSA) is 76.3 Å². The van der Waals surface area contributed by atoms with Crippen LogP contribution >= 0.6 is 0 Å². The largest absolute Gasteiger partial charge is 0.373 e. The third-order valence-electron chi connectivity index (χ3n) is 4.37. The zero-order valence-corrected chi connectivity index (χ0v) is 15.0. The molecule has 7 nitrogen and oxygen atoms in total. The van der Waals surface area contributed by atoms with E-state index in [4.69, 9.17) is 14.2 Å². The van der Waals surface area contributed by atoms with Crippen molar-refractivity contribution >= 4 is 5.82 Å². The maximum absolute atomic E-state index is 5.81. The van der Waals surface area contributed by atoms with Gasteiger partial charge in [0.15, 0.2) is 0 Å².